The summed E-state index contributed by atoms with van der Waals surface area (Å²) in [4.78, 5) is 17.2. The lowest BCUT2D eigenvalue weighted by atomic mass is 10.1. The van der Waals surface area contributed by atoms with Crippen LogP contribution in [0, 0.1) is 0 Å². The highest BCUT2D eigenvalue weighted by atomic mass is 79.9. The molecule has 0 unspecified atom stereocenters. The van der Waals surface area contributed by atoms with Crippen LogP contribution in [-0.2, 0) is 6.42 Å². The van der Waals surface area contributed by atoms with E-state index in [0.717, 1.165) is 27.6 Å². The quantitative estimate of drug-likeness (QED) is 0.400. The fourth-order valence-electron chi connectivity index (χ4n) is 3.06. The van der Waals surface area contributed by atoms with E-state index in [1.807, 2.05) is 42.5 Å². The predicted molar refractivity (Wildman–Crippen MR) is 117 cm³/mol. The SMILES string of the molecule is CCc1ccc2oc(-c3cccc(NC(=O)c4ccc(OC)c(Br)c4)c3)nc2c1. The zero-order valence-corrected chi connectivity index (χ0v) is 17.6. The molecule has 0 fully saturated rings. The molecule has 29 heavy (non-hydrogen) atoms. The number of rotatable bonds is 5. The predicted octanol–water partition coefficient (Wildman–Crippen LogP) is 6.08. The molecule has 3 aromatic carbocycles. The van der Waals surface area contributed by atoms with Gasteiger partial charge in [-0.1, -0.05) is 19.1 Å². The molecule has 0 bridgehead atoms. The molecule has 0 radical (unpaired) electrons. The van der Waals surface area contributed by atoms with Gasteiger partial charge in [-0.2, -0.15) is 0 Å². The first-order valence-corrected chi connectivity index (χ1v) is 10.0. The van der Waals surface area contributed by atoms with Crippen LogP contribution in [0.2, 0.25) is 0 Å². The van der Waals surface area contributed by atoms with Crippen molar-refractivity contribution in [3.63, 3.8) is 0 Å². The third-order valence-corrected chi connectivity index (χ3v) is 5.26. The average Bonchev–Trinajstić information content (AvgIpc) is 3.17. The van der Waals surface area contributed by atoms with Crippen molar-refractivity contribution in [1.82, 2.24) is 4.98 Å². The molecule has 0 aliphatic carbocycles. The van der Waals surface area contributed by atoms with Crippen LogP contribution in [0.15, 0.2) is 69.6 Å². The average molecular weight is 451 g/mol. The van der Waals surface area contributed by atoms with Crippen molar-refractivity contribution in [2.24, 2.45) is 0 Å². The molecule has 6 heteroatoms. The van der Waals surface area contributed by atoms with E-state index in [-0.39, 0.29) is 5.91 Å². The van der Waals surface area contributed by atoms with Gasteiger partial charge in [0.1, 0.15) is 11.3 Å². The molecule has 1 N–H and O–H groups in total. The number of hydrogen-bond donors (Lipinski definition) is 1. The Balaban J connectivity index is 1.59. The number of aryl methyl sites for hydroxylation is 1. The van der Waals surface area contributed by atoms with Crippen molar-refractivity contribution >= 4 is 38.6 Å². The number of benzene rings is 3. The number of hydrogen-bond acceptors (Lipinski definition) is 4. The van der Waals surface area contributed by atoms with Crippen molar-refractivity contribution in [2.45, 2.75) is 13.3 Å². The number of nitrogens with one attached hydrogen (secondary N) is 1. The van der Waals surface area contributed by atoms with Gasteiger partial charge in [0.05, 0.1) is 11.6 Å². The van der Waals surface area contributed by atoms with Crippen LogP contribution >= 0.6 is 15.9 Å². The molecule has 0 spiro atoms. The summed E-state index contributed by atoms with van der Waals surface area (Å²) in [6, 6.07) is 18.7. The molecule has 4 aromatic rings. The largest absolute Gasteiger partial charge is 0.496 e. The van der Waals surface area contributed by atoms with E-state index in [9.17, 15) is 4.79 Å². The molecule has 0 aliphatic heterocycles. The molecule has 146 valence electrons. The van der Waals surface area contributed by atoms with E-state index in [2.05, 4.69) is 33.2 Å². The Morgan fingerprint density at radius 2 is 2.00 bits per heavy atom. The van der Waals surface area contributed by atoms with E-state index in [4.69, 9.17) is 9.15 Å². The Kier molecular flexibility index (Phi) is 5.36. The number of ether oxygens (including phenoxy) is 1. The molecule has 0 atom stereocenters. The first-order chi connectivity index (χ1) is 14.1. The highest BCUT2D eigenvalue weighted by Crippen LogP contribution is 2.28. The van der Waals surface area contributed by atoms with Crippen LogP contribution in [0.5, 0.6) is 5.75 Å². The van der Waals surface area contributed by atoms with Gasteiger partial charge >= 0.3 is 0 Å². The second-order valence-corrected chi connectivity index (χ2v) is 7.41. The van der Waals surface area contributed by atoms with E-state index in [0.29, 0.717) is 22.9 Å². The van der Waals surface area contributed by atoms with Gasteiger partial charge in [0, 0.05) is 16.8 Å². The number of halogens is 1. The highest BCUT2D eigenvalue weighted by molar-refractivity contribution is 9.10. The van der Waals surface area contributed by atoms with Gasteiger partial charge in [0.2, 0.25) is 5.89 Å². The Morgan fingerprint density at radius 3 is 2.76 bits per heavy atom. The molecule has 1 heterocycles. The number of anilines is 1. The number of carbonyl (C=O) groups is 1. The van der Waals surface area contributed by atoms with Gasteiger partial charge in [-0.3, -0.25) is 4.79 Å². The van der Waals surface area contributed by atoms with Crippen molar-refractivity contribution in [1.29, 1.82) is 0 Å². The fourth-order valence-corrected chi connectivity index (χ4v) is 3.60. The lowest BCUT2D eigenvalue weighted by Gasteiger charge is -2.08. The van der Waals surface area contributed by atoms with Crippen molar-refractivity contribution < 1.29 is 13.9 Å². The third kappa shape index (κ3) is 4.03. The summed E-state index contributed by atoms with van der Waals surface area (Å²) >= 11 is 3.40. The molecule has 0 aliphatic rings. The summed E-state index contributed by atoms with van der Waals surface area (Å²) < 4.78 is 11.8. The molecular weight excluding hydrogens is 432 g/mol. The normalized spacial score (nSPS) is 10.9. The highest BCUT2D eigenvalue weighted by Gasteiger charge is 2.12. The maximum Gasteiger partial charge on any atom is 0.255 e. The topological polar surface area (TPSA) is 64.4 Å². The van der Waals surface area contributed by atoms with Gasteiger partial charge in [0.15, 0.2) is 5.58 Å². The first kappa shape index (κ1) is 19.2. The molecule has 5 nitrogen and oxygen atoms in total. The monoisotopic (exact) mass is 450 g/mol. The Labute approximate surface area is 176 Å². The fraction of sp³-hybridized carbons (Fsp3) is 0.130. The van der Waals surface area contributed by atoms with Crippen molar-refractivity contribution in [2.75, 3.05) is 12.4 Å². The molecule has 4 rings (SSSR count). The van der Waals surface area contributed by atoms with Gasteiger partial charge in [-0.15, -0.1) is 0 Å². The summed E-state index contributed by atoms with van der Waals surface area (Å²) in [5.41, 5.74) is 4.77. The zero-order chi connectivity index (χ0) is 20.4. The van der Waals surface area contributed by atoms with Crippen LogP contribution in [-0.4, -0.2) is 18.0 Å². The summed E-state index contributed by atoms with van der Waals surface area (Å²) in [6.07, 6.45) is 0.946. The van der Waals surface area contributed by atoms with Gasteiger partial charge in [-0.05, 0) is 76.4 Å². The van der Waals surface area contributed by atoms with Crippen LogP contribution in [0.4, 0.5) is 5.69 Å². The van der Waals surface area contributed by atoms with Crippen molar-refractivity contribution in [3.8, 4) is 17.2 Å². The summed E-state index contributed by atoms with van der Waals surface area (Å²) in [7, 11) is 1.58. The Bertz CT molecular complexity index is 1200. The van der Waals surface area contributed by atoms with Crippen molar-refractivity contribution in [3.05, 3.63) is 76.3 Å². The number of methoxy groups -OCH3 is 1. The second kappa shape index (κ2) is 8.09. The Morgan fingerprint density at radius 1 is 1.14 bits per heavy atom. The van der Waals surface area contributed by atoms with E-state index in [1.165, 1.54) is 5.56 Å². The van der Waals surface area contributed by atoms with E-state index >= 15 is 0 Å². The lowest BCUT2D eigenvalue weighted by molar-refractivity contribution is 0.102. The summed E-state index contributed by atoms with van der Waals surface area (Å²) in [5, 5.41) is 2.92. The van der Waals surface area contributed by atoms with Crippen LogP contribution in [0.25, 0.3) is 22.6 Å². The number of fused-ring (bicyclic) bond motifs is 1. The first-order valence-electron chi connectivity index (χ1n) is 9.22. The van der Waals surface area contributed by atoms with Gasteiger partial charge in [-0.25, -0.2) is 4.98 Å². The molecular formula is C23H19BrN2O3. The van der Waals surface area contributed by atoms with Crippen LogP contribution in [0.3, 0.4) is 0 Å². The minimum atomic E-state index is -0.212. The third-order valence-electron chi connectivity index (χ3n) is 4.64. The van der Waals surface area contributed by atoms with Gasteiger partial charge in [0.25, 0.3) is 5.91 Å². The van der Waals surface area contributed by atoms with Crippen LogP contribution in [0.1, 0.15) is 22.8 Å². The summed E-state index contributed by atoms with van der Waals surface area (Å²) in [6.45, 7) is 2.11. The number of carbonyl (C=O) groups excluding carboxylic acids is 1. The zero-order valence-electron chi connectivity index (χ0n) is 16.0. The molecule has 0 saturated carbocycles. The summed E-state index contributed by atoms with van der Waals surface area (Å²) in [5.74, 6) is 0.984. The van der Waals surface area contributed by atoms with E-state index < -0.39 is 0 Å². The number of oxazole rings is 1. The van der Waals surface area contributed by atoms with Crippen LogP contribution < -0.4 is 10.1 Å². The Hall–Kier alpha value is -3.12. The van der Waals surface area contributed by atoms with Gasteiger partial charge < -0.3 is 14.5 Å². The smallest absolute Gasteiger partial charge is 0.255 e. The molecule has 0 saturated heterocycles. The lowest BCUT2D eigenvalue weighted by Crippen LogP contribution is -2.11. The molecule has 1 aromatic heterocycles. The number of nitrogens with zero attached hydrogens (tertiary/aromatic N) is 1. The molecule has 1 amide bonds. The minimum Gasteiger partial charge on any atom is -0.496 e. The maximum absolute atomic E-state index is 12.6. The second-order valence-electron chi connectivity index (χ2n) is 6.56. The minimum absolute atomic E-state index is 0.212. The number of amides is 1. The standard InChI is InChI=1S/C23H19BrN2O3/c1-3-14-7-9-21-19(11-14)26-23(29-21)16-5-4-6-17(12-16)25-22(27)15-8-10-20(28-2)18(24)13-15/h4-13H,3H2,1-2H3,(H,25,27). The number of aromatic nitrogens is 1. The maximum atomic E-state index is 12.6. The van der Waals surface area contributed by atoms with E-state index in [1.54, 1.807) is 25.3 Å².